The number of rotatable bonds is 11. The van der Waals surface area contributed by atoms with Gasteiger partial charge in [-0.2, -0.15) is 13.1 Å². The zero-order valence-corrected chi connectivity index (χ0v) is 24.4. The first-order valence-corrected chi connectivity index (χ1v) is 15.3. The quantitative estimate of drug-likeness (QED) is 0.358. The molecule has 0 aliphatic carbocycles. The second-order valence-corrected chi connectivity index (χ2v) is 12.7. The number of ether oxygens (including phenoxy) is 1. The minimum Gasteiger partial charge on any atom is -0.493 e. The van der Waals surface area contributed by atoms with Gasteiger partial charge >= 0.3 is 10.2 Å². The van der Waals surface area contributed by atoms with E-state index in [0.29, 0.717) is 35.1 Å². The fourth-order valence-corrected chi connectivity index (χ4v) is 6.57. The number of carbonyl (C=O) groups excluding carboxylic acids is 1. The van der Waals surface area contributed by atoms with Crippen LogP contribution < -0.4 is 25.4 Å². The summed E-state index contributed by atoms with van der Waals surface area (Å²) in [5, 5.41) is 7.42. The molecule has 1 amide bonds. The smallest absolute Gasteiger partial charge is 0.301 e. The molecule has 0 saturated carbocycles. The van der Waals surface area contributed by atoms with Crippen LogP contribution in [0.2, 0.25) is 0 Å². The number of hydrogen-bond acceptors (Lipinski definition) is 7. The number of carbonyl (C=O) groups is 1. The average Bonchev–Trinajstić information content (AvgIpc) is 3.41. The maximum Gasteiger partial charge on any atom is 0.301 e. The van der Waals surface area contributed by atoms with E-state index in [-0.39, 0.29) is 24.9 Å². The Balaban J connectivity index is 1.29. The summed E-state index contributed by atoms with van der Waals surface area (Å²) in [5.41, 5.74) is 3.31. The highest BCUT2D eigenvalue weighted by Gasteiger charge is 2.29. The second kappa shape index (κ2) is 12.5. The molecule has 5 rings (SSSR count). The summed E-state index contributed by atoms with van der Waals surface area (Å²) in [7, 11) is -1.87. The molecule has 2 aliphatic heterocycles. The van der Waals surface area contributed by atoms with Gasteiger partial charge in [0.2, 0.25) is 5.91 Å². The van der Waals surface area contributed by atoms with Crippen molar-refractivity contribution in [3.05, 3.63) is 82.1 Å². The van der Waals surface area contributed by atoms with E-state index in [9.17, 15) is 13.2 Å². The van der Waals surface area contributed by atoms with Gasteiger partial charge in [0.15, 0.2) is 5.42 Å². The van der Waals surface area contributed by atoms with Crippen molar-refractivity contribution < 1.29 is 22.5 Å². The van der Waals surface area contributed by atoms with E-state index in [4.69, 9.17) is 9.26 Å². The fourth-order valence-electron chi connectivity index (χ4n) is 5.34. The van der Waals surface area contributed by atoms with E-state index in [1.807, 2.05) is 36.4 Å². The highest BCUT2D eigenvalue weighted by atomic mass is 32.2. The van der Waals surface area contributed by atoms with Crippen molar-refractivity contribution in [1.82, 2.24) is 24.4 Å². The van der Waals surface area contributed by atoms with Crippen molar-refractivity contribution in [3.63, 3.8) is 0 Å². The van der Waals surface area contributed by atoms with Gasteiger partial charge in [-0.1, -0.05) is 61.5 Å². The molecule has 2 N–H and O–H groups in total. The van der Waals surface area contributed by atoms with Gasteiger partial charge in [-0.25, -0.2) is 0 Å². The van der Waals surface area contributed by atoms with E-state index in [1.54, 1.807) is 6.08 Å². The van der Waals surface area contributed by atoms with Gasteiger partial charge in [0.25, 0.3) is 0 Å². The minimum absolute atomic E-state index is 0.0654. The molecule has 0 saturated heterocycles. The van der Waals surface area contributed by atoms with Gasteiger partial charge in [-0.15, -0.1) is 0 Å². The van der Waals surface area contributed by atoms with Crippen LogP contribution in [0.15, 0.2) is 59.3 Å². The number of benzene rings is 2. The van der Waals surface area contributed by atoms with Crippen molar-refractivity contribution in [2.75, 3.05) is 26.7 Å². The number of amides is 1. The Hall–Kier alpha value is -3.67. The molecule has 3 aromatic rings. The largest absolute Gasteiger partial charge is 0.493 e. The molecule has 1 aromatic heterocycles. The van der Waals surface area contributed by atoms with Crippen LogP contribution in [0.25, 0.3) is 12.3 Å². The van der Waals surface area contributed by atoms with E-state index >= 15 is 0 Å². The molecule has 218 valence electrons. The van der Waals surface area contributed by atoms with E-state index in [2.05, 4.69) is 53.1 Å². The summed E-state index contributed by atoms with van der Waals surface area (Å²) in [6, 6.07) is 14.3. The lowest BCUT2D eigenvalue weighted by molar-refractivity contribution is -0.122. The van der Waals surface area contributed by atoms with E-state index < -0.39 is 16.3 Å². The third kappa shape index (κ3) is 7.16. The summed E-state index contributed by atoms with van der Waals surface area (Å²) >= 11 is 0. The SMILES string of the molecule is CC(C)CN(C)Cc1ccc2c(c1)OCCC2NC(=O)CC(NS(=O)(=O)N1C=c2cnoc2=CC1)c1ccccc1. The molecule has 2 aliphatic rings. The van der Waals surface area contributed by atoms with Crippen molar-refractivity contribution in [1.29, 1.82) is 0 Å². The van der Waals surface area contributed by atoms with E-state index in [0.717, 1.165) is 30.0 Å². The summed E-state index contributed by atoms with van der Waals surface area (Å²) in [5.74, 6) is 1.11. The molecule has 0 spiro atoms. The van der Waals surface area contributed by atoms with Gasteiger partial charge in [0.1, 0.15) is 5.75 Å². The Bertz CT molecular complexity index is 1590. The normalized spacial score (nSPS) is 17.2. The molecule has 2 unspecified atom stereocenters. The molecule has 11 heteroatoms. The summed E-state index contributed by atoms with van der Waals surface area (Å²) in [6.45, 7) is 6.80. The molecule has 2 aromatic carbocycles. The summed E-state index contributed by atoms with van der Waals surface area (Å²) in [6.07, 6.45) is 5.16. The summed E-state index contributed by atoms with van der Waals surface area (Å²) in [4.78, 5) is 15.7. The molecule has 41 heavy (non-hydrogen) atoms. The Kier molecular flexibility index (Phi) is 8.77. The first-order chi connectivity index (χ1) is 19.7. The molecule has 0 radical (unpaired) electrons. The monoisotopic (exact) mass is 579 g/mol. The Morgan fingerprint density at radius 1 is 1.20 bits per heavy atom. The number of aromatic nitrogens is 1. The molecule has 0 bridgehead atoms. The Labute approximate surface area is 240 Å². The lowest BCUT2D eigenvalue weighted by Crippen LogP contribution is -2.44. The second-order valence-electron chi connectivity index (χ2n) is 11.1. The number of fused-ring (bicyclic) bond motifs is 2. The van der Waals surface area contributed by atoms with Crippen molar-refractivity contribution in [2.45, 2.75) is 45.3 Å². The van der Waals surface area contributed by atoms with Crippen LogP contribution in [0.3, 0.4) is 0 Å². The topological polar surface area (TPSA) is 117 Å². The van der Waals surface area contributed by atoms with Gasteiger partial charge in [-0.05, 0) is 36.2 Å². The van der Waals surface area contributed by atoms with Gasteiger partial charge < -0.3 is 19.5 Å². The number of hydrogen-bond donors (Lipinski definition) is 2. The maximum absolute atomic E-state index is 13.4. The maximum atomic E-state index is 13.4. The predicted molar refractivity (Wildman–Crippen MR) is 156 cm³/mol. The lowest BCUT2D eigenvalue weighted by atomic mass is 9.97. The zero-order chi connectivity index (χ0) is 29.0. The molecular weight excluding hydrogens is 542 g/mol. The molecule has 10 nitrogen and oxygen atoms in total. The predicted octanol–water partition coefficient (Wildman–Crippen LogP) is 2.20. The van der Waals surface area contributed by atoms with E-state index in [1.165, 1.54) is 16.7 Å². The summed E-state index contributed by atoms with van der Waals surface area (Å²) < 4.78 is 41.7. The fraction of sp³-hybridized carbons (Fsp3) is 0.400. The molecule has 3 heterocycles. The van der Waals surface area contributed by atoms with Crippen LogP contribution in [-0.4, -0.2) is 55.4 Å². The van der Waals surface area contributed by atoms with Crippen LogP contribution in [0, 0.1) is 5.92 Å². The number of nitrogens with zero attached hydrogens (tertiary/aromatic N) is 3. The highest BCUT2D eigenvalue weighted by molar-refractivity contribution is 7.87. The lowest BCUT2D eigenvalue weighted by Gasteiger charge is -2.29. The Morgan fingerprint density at radius 2 is 2.00 bits per heavy atom. The van der Waals surface area contributed by atoms with Gasteiger partial charge in [0, 0.05) is 37.7 Å². The Morgan fingerprint density at radius 3 is 2.78 bits per heavy atom. The van der Waals surface area contributed by atoms with Crippen molar-refractivity contribution in [2.24, 2.45) is 5.92 Å². The third-order valence-electron chi connectivity index (χ3n) is 7.14. The molecule has 0 fully saturated rings. The average molecular weight is 580 g/mol. The van der Waals surface area contributed by atoms with Gasteiger partial charge in [0.05, 0.1) is 36.7 Å². The third-order valence-corrected chi connectivity index (χ3v) is 8.59. The van der Waals surface area contributed by atoms with Crippen molar-refractivity contribution >= 4 is 28.4 Å². The van der Waals surface area contributed by atoms with Crippen molar-refractivity contribution in [3.8, 4) is 5.75 Å². The molecule has 2 atom stereocenters. The van der Waals surface area contributed by atoms with Crippen LogP contribution in [-0.2, 0) is 21.5 Å². The minimum atomic E-state index is -3.98. The first kappa shape index (κ1) is 28.8. The van der Waals surface area contributed by atoms with Crippen LogP contribution >= 0.6 is 0 Å². The standard InChI is InChI=1S/C30H37N5O5S/c1-21(2)18-34(3)19-22-9-10-25-26(12-14-39-29(25)15-22)32-30(36)16-27(23-7-5-4-6-8-23)33-41(37,38)35-13-11-28-24(20-35)17-31-40-28/h4-11,15,17,20-21,26-27,33H,12-14,16,18-19H2,1-3H3,(H,32,36). The first-order valence-electron chi connectivity index (χ1n) is 13.9. The number of nitrogens with one attached hydrogen (secondary N) is 2. The molecular formula is C30H37N5O5S. The highest BCUT2D eigenvalue weighted by Crippen LogP contribution is 2.33. The zero-order valence-electron chi connectivity index (χ0n) is 23.6. The van der Waals surface area contributed by atoms with Crippen LogP contribution in [0.4, 0.5) is 0 Å². The van der Waals surface area contributed by atoms with Crippen LogP contribution in [0.5, 0.6) is 5.75 Å². The van der Waals surface area contributed by atoms with Crippen LogP contribution in [0.1, 0.15) is 55.5 Å². The van der Waals surface area contributed by atoms with Gasteiger partial charge in [-0.3, -0.25) is 9.10 Å².